The highest BCUT2D eigenvalue weighted by molar-refractivity contribution is 7.90. The molecule has 7 nitrogen and oxygen atoms in total. The first-order chi connectivity index (χ1) is 14.6. The van der Waals surface area contributed by atoms with Crippen molar-refractivity contribution in [3.63, 3.8) is 0 Å². The van der Waals surface area contributed by atoms with E-state index in [1.807, 2.05) is 48.5 Å². The molecule has 2 aromatic rings. The Morgan fingerprint density at radius 1 is 1.06 bits per heavy atom. The van der Waals surface area contributed by atoms with E-state index in [4.69, 9.17) is 4.74 Å². The van der Waals surface area contributed by atoms with Crippen LogP contribution in [-0.4, -0.2) is 45.5 Å². The van der Waals surface area contributed by atoms with E-state index in [2.05, 4.69) is 19.2 Å². The Morgan fingerprint density at radius 2 is 1.74 bits per heavy atom. The standard InChI is InChI=1S/C23H30N2O5S/c1-17(2)19-11-8-12-20(15-19)25(3)22(26)21(13-14-31(4,28)29)24-23(27)30-16-18-9-6-5-7-10-18/h5-12,15,17,21H,13-14,16H2,1-4H3,(H,24,27). The molecule has 0 saturated carbocycles. The van der Waals surface area contributed by atoms with E-state index in [9.17, 15) is 18.0 Å². The van der Waals surface area contributed by atoms with Gasteiger partial charge in [0.25, 0.3) is 0 Å². The largest absolute Gasteiger partial charge is 0.445 e. The summed E-state index contributed by atoms with van der Waals surface area (Å²) in [6, 6.07) is 15.6. The second-order valence-corrected chi connectivity index (χ2v) is 10.1. The topological polar surface area (TPSA) is 92.8 Å². The van der Waals surface area contributed by atoms with E-state index in [0.717, 1.165) is 17.4 Å². The third-order valence-electron chi connectivity index (χ3n) is 4.84. The van der Waals surface area contributed by atoms with Gasteiger partial charge in [0.1, 0.15) is 22.5 Å². The maximum atomic E-state index is 13.1. The van der Waals surface area contributed by atoms with E-state index in [0.29, 0.717) is 5.69 Å². The maximum absolute atomic E-state index is 13.1. The first-order valence-electron chi connectivity index (χ1n) is 10.1. The van der Waals surface area contributed by atoms with Crippen molar-refractivity contribution in [1.82, 2.24) is 5.32 Å². The molecule has 0 heterocycles. The van der Waals surface area contributed by atoms with Crippen LogP contribution in [0.2, 0.25) is 0 Å². The Labute approximate surface area is 184 Å². The highest BCUT2D eigenvalue weighted by Gasteiger charge is 2.27. The molecular formula is C23H30N2O5S. The molecule has 0 radical (unpaired) electrons. The molecule has 8 heteroatoms. The van der Waals surface area contributed by atoms with Crippen molar-refractivity contribution in [2.24, 2.45) is 0 Å². The molecule has 2 aromatic carbocycles. The van der Waals surface area contributed by atoms with E-state index >= 15 is 0 Å². The molecule has 1 unspecified atom stereocenters. The Bertz CT molecular complexity index is 990. The number of ether oxygens (including phenoxy) is 1. The number of likely N-dealkylation sites (N-methyl/N-ethyl adjacent to an activating group) is 1. The summed E-state index contributed by atoms with van der Waals surface area (Å²) in [5.74, 6) is -0.362. The molecule has 168 valence electrons. The minimum absolute atomic E-state index is 0.0476. The average Bonchev–Trinajstić information content (AvgIpc) is 2.74. The molecule has 2 amide bonds. The van der Waals surface area contributed by atoms with Gasteiger partial charge in [-0.1, -0.05) is 56.3 Å². The van der Waals surface area contributed by atoms with Crippen LogP contribution < -0.4 is 10.2 Å². The molecular weight excluding hydrogens is 416 g/mol. The van der Waals surface area contributed by atoms with Crippen LogP contribution in [0.5, 0.6) is 0 Å². The van der Waals surface area contributed by atoms with Crippen molar-refractivity contribution in [3.05, 3.63) is 65.7 Å². The quantitative estimate of drug-likeness (QED) is 0.636. The summed E-state index contributed by atoms with van der Waals surface area (Å²) in [5.41, 5.74) is 2.54. The number of hydrogen-bond acceptors (Lipinski definition) is 5. The predicted octanol–water partition coefficient (Wildman–Crippen LogP) is 3.50. The van der Waals surface area contributed by atoms with Crippen molar-refractivity contribution in [1.29, 1.82) is 0 Å². The van der Waals surface area contributed by atoms with Gasteiger partial charge >= 0.3 is 6.09 Å². The number of hydrogen-bond donors (Lipinski definition) is 1. The van der Waals surface area contributed by atoms with E-state index in [1.165, 1.54) is 4.90 Å². The zero-order chi connectivity index (χ0) is 23.0. The molecule has 0 aliphatic heterocycles. The summed E-state index contributed by atoms with van der Waals surface area (Å²) in [4.78, 5) is 26.8. The van der Waals surface area contributed by atoms with Crippen molar-refractivity contribution in [2.75, 3.05) is 24.0 Å². The van der Waals surface area contributed by atoms with Gasteiger partial charge in [-0.25, -0.2) is 13.2 Å². The van der Waals surface area contributed by atoms with Crippen molar-refractivity contribution >= 4 is 27.5 Å². The minimum atomic E-state index is -3.31. The van der Waals surface area contributed by atoms with Crippen molar-refractivity contribution in [2.45, 2.75) is 38.8 Å². The van der Waals surface area contributed by atoms with Crippen LogP contribution in [0, 0.1) is 0 Å². The van der Waals surface area contributed by atoms with Gasteiger partial charge in [-0.2, -0.15) is 0 Å². The lowest BCUT2D eigenvalue weighted by Gasteiger charge is -2.25. The number of amides is 2. The Balaban J connectivity index is 2.12. The zero-order valence-corrected chi connectivity index (χ0v) is 19.2. The zero-order valence-electron chi connectivity index (χ0n) is 18.4. The highest BCUT2D eigenvalue weighted by atomic mass is 32.2. The molecule has 0 bridgehead atoms. The second-order valence-electron chi connectivity index (χ2n) is 7.82. The van der Waals surface area contributed by atoms with Gasteiger partial charge in [0, 0.05) is 19.0 Å². The Morgan fingerprint density at radius 3 is 2.35 bits per heavy atom. The van der Waals surface area contributed by atoms with Crippen LogP contribution in [0.1, 0.15) is 37.3 Å². The van der Waals surface area contributed by atoms with Gasteiger partial charge < -0.3 is 15.0 Å². The fourth-order valence-electron chi connectivity index (χ4n) is 2.95. The predicted molar refractivity (Wildman–Crippen MR) is 122 cm³/mol. The summed E-state index contributed by atoms with van der Waals surface area (Å²) >= 11 is 0. The van der Waals surface area contributed by atoms with Crippen LogP contribution in [-0.2, 0) is 26.0 Å². The number of rotatable bonds is 9. The van der Waals surface area contributed by atoms with Crippen LogP contribution >= 0.6 is 0 Å². The van der Waals surface area contributed by atoms with Crippen molar-refractivity contribution in [3.8, 4) is 0 Å². The number of carbonyl (C=O) groups excluding carboxylic acids is 2. The number of benzene rings is 2. The molecule has 1 atom stereocenters. The first kappa shape index (κ1) is 24.4. The number of carbonyl (C=O) groups is 2. The maximum Gasteiger partial charge on any atom is 0.408 e. The lowest BCUT2D eigenvalue weighted by atomic mass is 10.0. The van der Waals surface area contributed by atoms with Crippen molar-refractivity contribution < 1.29 is 22.7 Å². The lowest BCUT2D eigenvalue weighted by molar-refractivity contribution is -0.120. The van der Waals surface area contributed by atoms with Gasteiger partial charge in [-0.15, -0.1) is 0 Å². The van der Waals surface area contributed by atoms with Gasteiger partial charge in [0.2, 0.25) is 5.91 Å². The summed E-state index contributed by atoms with van der Waals surface area (Å²) in [5, 5.41) is 2.53. The fraction of sp³-hybridized carbons (Fsp3) is 0.391. The average molecular weight is 447 g/mol. The van der Waals surface area contributed by atoms with Gasteiger partial charge in [0.15, 0.2) is 0 Å². The number of nitrogens with zero attached hydrogens (tertiary/aromatic N) is 1. The summed E-state index contributed by atoms with van der Waals surface area (Å²) in [7, 11) is -1.71. The van der Waals surface area contributed by atoms with E-state index < -0.39 is 27.9 Å². The number of alkyl carbamates (subject to hydrolysis) is 1. The van der Waals surface area contributed by atoms with Gasteiger partial charge in [0.05, 0.1) is 5.75 Å². The first-order valence-corrected chi connectivity index (χ1v) is 12.2. The van der Waals surface area contributed by atoms with Crippen LogP contribution in [0.15, 0.2) is 54.6 Å². The fourth-order valence-corrected chi connectivity index (χ4v) is 3.61. The second kappa shape index (κ2) is 10.9. The van der Waals surface area contributed by atoms with Crippen LogP contribution in [0.3, 0.4) is 0 Å². The van der Waals surface area contributed by atoms with Gasteiger partial charge in [-0.3, -0.25) is 4.79 Å². The number of anilines is 1. The Hall–Kier alpha value is -2.87. The Kier molecular flexibility index (Phi) is 8.62. The third-order valence-corrected chi connectivity index (χ3v) is 5.81. The van der Waals surface area contributed by atoms with E-state index in [1.54, 1.807) is 13.1 Å². The highest BCUT2D eigenvalue weighted by Crippen LogP contribution is 2.21. The van der Waals surface area contributed by atoms with Crippen LogP contribution in [0.25, 0.3) is 0 Å². The monoisotopic (exact) mass is 446 g/mol. The third kappa shape index (κ3) is 8.05. The molecule has 0 saturated heterocycles. The molecule has 1 N–H and O–H groups in total. The minimum Gasteiger partial charge on any atom is -0.445 e. The summed E-state index contributed by atoms with van der Waals surface area (Å²) in [6.07, 6.45) is 0.268. The SMILES string of the molecule is CC(C)c1cccc(N(C)C(=O)C(CCS(C)(=O)=O)NC(=O)OCc2ccccc2)c1. The normalized spacial score (nSPS) is 12.3. The molecule has 0 aliphatic rings. The number of sulfone groups is 1. The lowest BCUT2D eigenvalue weighted by Crippen LogP contribution is -2.48. The van der Waals surface area contributed by atoms with Crippen LogP contribution in [0.4, 0.5) is 10.5 Å². The molecule has 2 rings (SSSR count). The smallest absolute Gasteiger partial charge is 0.408 e. The molecule has 0 aromatic heterocycles. The summed E-state index contributed by atoms with van der Waals surface area (Å²) in [6.45, 7) is 4.16. The summed E-state index contributed by atoms with van der Waals surface area (Å²) < 4.78 is 28.5. The van der Waals surface area contributed by atoms with Gasteiger partial charge in [-0.05, 0) is 35.6 Å². The molecule has 0 spiro atoms. The molecule has 0 fully saturated rings. The molecule has 0 aliphatic carbocycles. The number of nitrogens with one attached hydrogen (secondary N) is 1. The van der Waals surface area contributed by atoms with E-state index in [-0.39, 0.29) is 24.7 Å². The molecule has 31 heavy (non-hydrogen) atoms.